The Bertz CT molecular complexity index is 589. The van der Waals surface area contributed by atoms with Crippen LogP contribution < -0.4 is 5.32 Å². The van der Waals surface area contributed by atoms with Crippen molar-refractivity contribution < 1.29 is 13.6 Å². The van der Waals surface area contributed by atoms with Crippen molar-refractivity contribution in [2.75, 3.05) is 5.32 Å². The van der Waals surface area contributed by atoms with Crippen LogP contribution >= 0.6 is 15.9 Å². The molecule has 4 nitrogen and oxygen atoms in total. The van der Waals surface area contributed by atoms with Gasteiger partial charge in [0.05, 0.1) is 10.0 Å². The Kier molecular flexibility index (Phi) is 3.61. The summed E-state index contributed by atoms with van der Waals surface area (Å²) in [6.45, 7) is 0. The topological polar surface area (TPSA) is 54.9 Å². The fourth-order valence-corrected chi connectivity index (χ4v) is 1.42. The molecule has 1 N–H and O–H groups in total. The third kappa shape index (κ3) is 2.86. The summed E-state index contributed by atoms with van der Waals surface area (Å²) < 4.78 is 26.6. The monoisotopic (exact) mass is 313 g/mol. The number of rotatable bonds is 2. The third-order valence-corrected chi connectivity index (χ3v) is 2.43. The standard InChI is InChI=1S/C11H6BrF2N3O/c12-6-4-15-11(16-5-6)17-10(18)8-2-1-7(13)3-9(8)14/h1-5H,(H,15,16,17,18). The minimum Gasteiger partial charge on any atom is -0.290 e. The number of nitrogens with one attached hydrogen (secondary N) is 1. The summed E-state index contributed by atoms with van der Waals surface area (Å²) in [5.41, 5.74) is -0.275. The molecule has 0 fully saturated rings. The molecular formula is C11H6BrF2N3O. The number of carbonyl (C=O) groups excluding carboxylic acids is 1. The molecule has 0 saturated carbocycles. The SMILES string of the molecule is O=C(Nc1ncc(Br)cn1)c1ccc(F)cc1F. The van der Waals surface area contributed by atoms with Gasteiger partial charge in [-0.2, -0.15) is 0 Å². The van der Waals surface area contributed by atoms with E-state index in [2.05, 4.69) is 31.2 Å². The number of amides is 1. The minimum absolute atomic E-state index is 0.0342. The molecule has 1 heterocycles. The first kappa shape index (κ1) is 12.6. The van der Waals surface area contributed by atoms with Crippen molar-refractivity contribution in [3.63, 3.8) is 0 Å². The molecule has 0 atom stereocenters. The molecule has 0 aliphatic heterocycles. The van der Waals surface area contributed by atoms with E-state index in [1.165, 1.54) is 12.4 Å². The van der Waals surface area contributed by atoms with E-state index in [1.54, 1.807) is 0 Å². The van der Waals surface area contributed by atoms with E-state index >= 15 is 0 Å². The van der Waals surface area contributed by atoms with Crippen LogP contribution in [-0.2, 0) is 0 Å². The second-order valence-corrected chi connectivity index (χ2v) is 4.22. The number of carbonyl (C=O) groups is 1. The molecule has 1 aromatic carbocycles. The highest BCUT2D eigenvalue weighted by Crippen LogP contribution is 2.12. The van der Waals surface area contributed by atoms with Gasteiger partial charge in [0.15, 0.2) is 0 Å². The van der Waals surface area contributed by atoms with Crippen molar-refractivity contribution >= 4 is 27.8 Å². The molecule has 0 spiro atoms. The predicted molar refractivity (Wildman–Crippen MR) is 64.0 cm³/mol. The van der Waals surface area contributed by atoms with E-state index < -0.39 is 17.5 Å². The van der Waals surface area contributed by atoms with Gasteiger partial charge < -0.3 is 0 Å². The van der Waals surface area contributed by atoms with Crippen LogP contribution in [0.3, 0.4) is 0 Å². The number of anilines is 1. The van der Waals surface area contributed by atoms with Gasteiger partial charge in [-0.1, -0.05) is 0 Å². The average Bonchev–Trinajstić information content (AvgIpc) is 2.32. The van der Waals surface area contributed by atoms with Crippen molar-refractivity contribution in [3.8, 4) is 0 Å². The molecule has 92 valence electrons. The molecule has 1 amide bonds. The van der Waals surface area contributed by atoms with Gasteiger partial charge >= 0.3 is 0 Å². The highest BCUT2D eigenvalue weighted by atomic mass is 79.9. The summed E-state index contributed by atoms with van der Waals surface area (Å²) in [7, 11) is 0. The summed E-state index contributed by atoms with van der Waals surface area (Å²) in [4.78, 5) is 19.3. The molecule has 0 radical (unpaired) electrons. The number of hydrogen-bond acceptors (Lipinski definition) is 3. The molecule has 0 unspecified atom stereocenters. The van der Waals surface area contributed by atoms with E-state index in [4.69, 9.17) is 0 Å². The van der Waals surface area contributed by atoms with Gasteiger partial charge in [-0.05, 0) is 28.1 Å². The van der Waals surface area contributed by atoms with Crippen molar-refractivity contribution in [2.24, 2.45) is 0 Å². The van der Waals surface area contributed by atoms with E-state index in [9.17, 15) is 13.6 Å². The maximum Gasteiger partial charge on any atom is 0.260 e. The largest absolute Gasteiger partial charge is 0.290 e. The zero-order valence-electron chi connectivity index (χ0n) is 8.82. The normalized spacial score (nSPS) is 10.2. The Labute approximate surface area is 109 Å². The van der Waals surface area contributed by atoms with Crippen LogP contribution in [0.4, 0.5) is 14.7 Å². The minimum atomic E-state index is -0.940. The third-order valence-electron chi connectivity index (χ3n) is 2.02. The fraction of sp³-hybridized carbons (Fsp3) is 0. The lowest BCUT2D eigenvalue weighted by atomic mass is 10.2. The lowest BCUT2D eigenvalue weighted by Crippen LogP contribution is -2.15. The van der Waals surface area contributed by atoms with Gasteiger partial charge in [0.25, 0.3) is 5.91 Å². The fourth-order valence-electron chi connectivity index (χ4n) is 1.22. The molecule has 7 heteroatoms. The average molecular weight is 314 g/mol. The lowest BCUT2D eigenvalue weighted by Gasteiger charge is -2.04. The summed E-state index contributed by atoms with van der Waals surface area (Å²) in [5, 5.41) is 2.30. The molecule has 0 aliphatic carbocycles. The van der Waals surface area contributed by atoms with Gasteiger partial charge in [0.1, 0.15) is 11.6 Å². The Morgan fingerprint density at radius 2 is 1.89 bits per heavy atom. The summed E-state index contributed by atoms with van der Waals surface area (Å²) >= 11 is 3.14. The van der Waals surface area contributed by atoms with E-state index in [0.29, 0.717) is 10.5 Å². The van der Waals surface area contributed by atoms with Crippen LogP contribution in [0.15, 0.2) is 35.1 Å². The van der Waals surface area contributed by atoms with Crippen LogP contribution in [0.2, 0.25) is 0 Å². The maximum absolute atomic E-state index is 13.3. The highest BCUT2D eigenvalue weighted by molar-refractivity contribution is 9.10. The maximum atomic E-state index is 13.3. The second kappa shape index (κ2) is 5.18. The van der Waals surface area contributed by atoms with Gasteiger partial charge in [-0.25, -0.2) is 18.7 Å². The van der Waals surface area contributed by atoms with Crippen molar-refractivity contribution in [3.05, 3.63) is 52.3 Å². The van der Waals surface area contributed by atoms with Gasteiger partial charge in [-0.3, -0.25) is 10.1 Å². The summed E-state index contributed by atoms with van der Waals surface area (Å²) in [5.74, 6) is -2.39. The highest BCUT2D eigenvalue weighted by Gasteiger charge is 2.13. The quantitative estimate of drug-likeness (QED) is 0.927. The van der Waals surface area contributed by atoms with Crippen molar-refractivity contribution in [1.82, 2.24) is 9.97 Å². The van der Waals surface area contributed by atoms with Crippen LogP contribution in [0, 0.1) is 11.6 Å². The van der Waals surface area contributed by atoms with E-state index in [0.717, 1.165) is 12.1 Å². The first-order chi connectivity index (χ1) is 8.56. The molecule has 2 rings (SSSR count). The zero-order chi connectivity index (χ0) is 13.1. The molecule has 18 heavy (non-hydrogen) atoms. The Hall–Kier alpha value is -1.89. The Morgan fingerprint density at radius 3 is 2.50 bits per heavy atom. The second-order valence-electron chi connectivity index (χ2n) is 3.30. The first-order valence-corrected chi connectivity index (χ1v) is 5.59. The molecule has 0 saturated heterocycles. The molecule has 1 aromatic heterocycles. The smallest absolute Gasteiger partial charge is 0.260 e. The van der Waals surface area contributed by atoms with Gasteiger partial charge in [-0.15, -0.1) is 0 Å². The molecule has 0 aliphatic rings. The summed E-state index contributed by atoms with van der Waals surface area (Å²) in [6, 6.07) is 2.69. The predicted octanol–water partition coefficient (Wildman–Crippen LogP) is 2.77. The number of nitrogens with zero attached hydrogens (tertiary/aromatic N) is 2. The number of hydrogen-bond donors (Lipinski definition) is 1. The Balaban J connectivity index is 2.19. The van der Waals surface area contributed by atoms with E-state index in [1.807, 2.05) is 0 Å². The van der Waals surface area contributed by atoms with Crippen molar-refractivity contribution in [1.29, 1.82) is 0 Å². The number of aromatic nitrogens is 2. The first-order valence-electron chi connectivity index (χ1n) is 4.80. The van der Waals surface area contributed by atoms with Crippen LogP contribution in [0.25, 0.3) is 0 Å². The van der Waals surface area contributed by atoms with Crippen LogP contribution in [0.1, 0.15) is 10.4 Å². The number of halogens is 3. The van der Waals surface area contributed by atoms with Crippen LogP contribution in [-0.4, -0.2) is 15.9 Å². The zero-order valence-corrected chi connectivity index (χ0v) is 10.4. The number of benzene rings is 1. The molecular weight excluding hydrogens is 308 g/mol. The van der Waals surface area contributed by atoms with Crippen molar-refractivity contribution in [2.45, 2.75) is 0 Å². The lowest BCUT2D eigenvalue weighted by molar-refractivity contribution is 0.102. The molecule has 2 aromatic rings. The summed E-state index contributed by atoms with van der Waals surface area (Å²) in [6.07, 6.45) is 2.87. The molecule has 0 bridgehead atoms. The Morgan fingerprint density at radius 1 is 1.22 bits per heavy atom. The van der Waals surface area contributed by atoms with Gasteiger partial charge in [0, 0.05) is 18.5 Å². The van der Waals surface area contributed by atoms with Gasteiger partial charge in [0.2, 0.25) is 5.95 Å². The van der Waals surface area contributed by atoms with E-state index in [-0.39, 0.29) is 11.5 Å². The van der Waals surface area contributed by atoms with Crippen LogP contribution in [0.5, 0.6) is 0 Å².